The number of benzene rings is 1. The number of para-hydroxylation sites is 1. The summed E-state index contributed by atoms with van der Waals surface area (Å²) in [7, 11) is 0. The van der Waals surface area contributed by atoms with Crippen molar-refractivity contribution < 1.29 is 4.79 Å². The number of allylic oxidation sites excluding steroid dienone is 1. The summed E-state index contributed by atoms with van der Waals surface area (Å²) in [6.07, 6.45) is 3.12. The molecule has 0 atom stereocenters. The van der Waals surface area contributed by atoms with Crippen molar-refractivity contribution in [3.8, 4) is 0 Å². The van der Waals surface area contributed by atoms with E-state index in [-0.39, 0.29) is 24.1 Å². The molecule has 2 aromatic heterocycles. The summed E-state index contributed by atoms with van der Waals surface area (Å²) in [6, 6.07) is 9.38. The Balaban J connectivity index is 1.97. The minimum atomic E-state index is -0.260. The average molecular weight is 401 g/mol. The summed E-state index contributed by atoms with van der Waals surface area (Å²) in [5.41, 5.74) is 1.07. The first-order chi connectivity index (χ1) is 12.9. The third kappa shape index (κ3) is 3.77. The van der Waals surface area contributed by atoms with Crippen molar-refractivity contribution in [1.82, 2.24) is 14.1 Å². The van der Waals surface area contributed by atoms with Gasteiger partial charge in [-0.05, 0) is 38.2 Å². The average Bonchev–Trinajstić information content (AvgIpc) is 2.95. The van der Waals surface area contributed by atoms with Crippen molar-refractivity contribution in [2.75, 3.05) is 4.90 Å². The molecule has 1 aromatic carbocycles. The molecule has 0 saturated heterocycles. The lowest BCUT2D eigenvalue weighted by Crippen LogP contribution is -2.41. The first-order valence-corrected chi connectivity index (χ1v) is 9.73. The highest BCUT2D eigenvalue weighted by Gasteiger charge is 2.20. The summed E-state index contributed by atoms with van der Waals surface area (Å²) in [5, 5.41) is 0. The third-order valence-electron chi connectivity index (χ3n) is 4.08. The fourth-order valence-corrected chi connectivity index (χ4v) is 4.23. The molecule has 140 valence electrons. The second kappa shape index (κ2) is 7.98. The normalized spacial score (nSPS) is 11.1. The number of fused-ring (bicyclic) bond motifs is 1. The van der Waals surface area contributed by atoms with Gasteiger partial charge in [-0.3, -0.25) is 14.2 Å². The Hall–Kier alpha value is -2.58. The van der Waals surface area contributed by atoms with Crippen LogP contribution in [-0.2, 0) is 17.9 Å². The van der Waals surface area contributed by atoms with Crippen LogP contribution in [0.3, 0.4) is 0 Å². The largest absolute Gasteiger partial charge is 0.308 e. The van der Waals surface area contributed by atoms with Crippen LogP contribution in [0.15, 0.2) is 54.1 Å². The number of amides is 1. The van der Waals surface area contributed by atoms with Gasteiger partial charge in [0.1, 0.15) is 17.6 Å². The lowest BCUT2D eigenvalue weighted by atomic mass is 10.2. The highest BCUT2D eigenvalue weighted by molar-refractivity contribution is 7.73. The summed E-state index contributed by atoms with van der Waals surface area (Å²) in [4.78, 5) is 31.8. The molecule has 0 fully saturated rings. The molecule has 0 aliphatic carbocycles. The van der Waals surface area contributed by atoms with E-state index in [0.29, 0.717) is 20.8 Å². The van der Waals surface area contributed by atoms with Gasteiger partial charge in [0.15, 0.2) is 9.60 Å². The Morgan fingerprint density at radius 1 is 1.37 bits per heavy atom. The van der Waals surface area contributed by atoms with E-state index in [1.807, 2.05) is 44.2 Å². The molecule has 0 aliphatic rings. The van der Waals surface area contributed by atoms with Crippen molar-refractivity contribution >= 4 is 45.5 Å². The molecule has 2 heterocycles. The Bertz CT molecular complexity index is 1100. The van der Waals surface area contributed by atoms with Gasteiger partial charge in [0.25, 0.3) is 5.56 Å². The van der Waals surface area contributed by atoms with Crippen LogP contribution in [0.1, 0.15) is 13.8 Å². The molecule has 1 amide bonds. The molecular weight excluding hydrogens is 380 g/mol. The Morgan fingerprint density at radius 2 is 2.07 bits per heavy atom. The van der Waals surface area contributed by atoms with Crippen molar-refractivity contribution in [2.45, 2.75) is 33.0 Å². The SMILES string of the molecule is C=CCn1c(=S)sc2c(=O)n(CC(=O)N(c3ccccc3)C(C)C)cnc21. The Morgan fingerprint density at radius 3 is 2.70 bits per heavy atom. The predicted octanol–water partition coefficient (Wildman–Crippen LogP) is 3.62. The van der Waals surface area contributed by atoms with Gasteiger partial charge >= 0.3 is 0 Å². The van der Waals surface area contributed by atoms with Crippen LogP contribution in [0, 0.1) is 3.95 Å². The van der Waals surface area contributed by atoms with Crippen LogP contribution in [0.2, 0.25) is 0 Å². The second-order valence-corrected chi connectivity index (χ2v) is 7.93. The molecule has 0 unspecified atom stereocenters. The van der Waals surface area contributed by atoms with Crippen LogP contribution in [0.4, 0.5) is 5.69 Å². The van der Waals surface area contributed by atoms with Crippen LogP contribution in [0.5, 0.6) is 0 Å². The van der Waals surface area contributed by atoms with Crippen molar-refractivity contribution in [2.24, 2.45) is 0 Å². The van der Waals surface area contributed by atoms with Crippen LogP contribution < -0.4 is 10.5 Å². The van der Waals surface area contributed by atoms with Gasteiger partial charge in [0.05, 0.1) is 0 Å². The molecule has 8 heteroatoms. The molecule has 0 saturated carbocycles. The topological polar surface area (TPSA) is 60.1 Å². The monoisotopic (exact) mass is 400 g/mol. The fourth-order valence-electron chi connectivity index (χ4n) is 2.92. The zero-order valence-corrected chi connectivity index (χ0v) is 16.8. The van der Waals surface area contributed by atoms with E-state index >= 15 is 0 Å². The molecule has 6 nitrogen and oxygen atoms in total. The van der Waals surface area contributed by atoms with Gasteiger partial charge in [-0.15, -0.1) is 6.58 Å². The smallest absolute Gasteiger partial charge is 0.273 e. The zero-order chi connectivity index (χ0) is 19.6. The van der Waals surface area contributed by atoms with E-state index in [9.17, 15) is 9.59 Å². The summed E-state index contributed by atoms with van der Waals surface area (Å²) >= 11 is 6.53. The van der Waals surface area contributed by atoms with Crippen LogP contribution in [-0.4, -0.2) is 26.1 Å². The van der Waals surface area contributed by atoms with Gasteiger partial charge in [-0.25, -0.2) is 4.98 Å². The maximum Gasteiger partial charge on any atom is 0.273 e. The number of carbonyl (C=O) groups is 1. The number of carbonyl (C=O) groups excluding carboxylic acids is 1. The van der Waals surface area contributed by atoms with E-state index in [2.05, 4.69) is 11.6 Å². The number of aromatic nitrogens is 3. The molecule has 0 spiro atoms. The lowest BCUT2D eigenvalue weighted by molar-refractivity contribution is -0.119. The standard InChI is InChI=1S/C19H20N4O2S2/c1-4-10-22-17-16(27-19(22)26)18(25)21(12-20-17)11-15(24)23(13(2)3)14-8-6-5-7-9-14/h4-9,12-13H,1,10-11H2,2-3H3. The second-order valence-electron chi connectivity index (χ2n) is 6.29. The molecular formula is C19H20N4O2S2. The van der Waals surface area contributed by atoms with Gasteiger partial charge in [-0.2, -0.15) is 0 Å². The maximum absolute atomic E-state index is 12.9. The molecule has 0 aliphatic heterocycles. The minimum absolute atomic E-state index is 0.0389. The highest BCUT2D eigenvalue weighted by Crippen LogP contribution is 2.19. The van der Waals surface area contributed by atoms with Gasteiger partial charge in [0.2, 0.25) is 5.91 Å². The van der Waals surface area contributed by atoms with Gasteiger partial charge in [0, 0.05) is 18.3 Å². The number of thiazole rings is 1. The van der Waals surface area contributed by atoms with E-state index in [1.54, 1.807) is 15.5 Å². The van der Waals surface area contributed by atoms with Crippen molar-refractivity contribution in [1.29, 1.82) is 0 Å². The Kier molecular flexibility index (Phi) is 5.67. The van der Waals surface area contributed by atoms with E-state index in [0.717, 1.165) is 5.69 Å². The fraction of sp³-hybridized carbons (Fsp3) is 0.263. The zero-order valence-electron chi connectivity index (χ0n) is 15.2. The van der Waals surface area contributed by atoms with E-state index in [1.165, 1.54) is 22.2 Å². The number of rotatable bonds is 6. The summed E-state index contributed by atoms with van der Waals surface area (Å²) in [6.45, 7) is 7.99. The van der Waals surface area contributed by atoms with E-state index < -0.39 is 0 Å². The minimum Gasteiger partial charge on any atom is -0.308 e. The van der Waals surface area contributed by atoms with Crippen LogP contribution >= 0.6 is 23.6 Å². The summed E-state index contributed by atoms with van der Waals surface area (Å²) < 4.78 is 4.12. The highest BCUT2D eigenvalue weighted by atomic mass is 32.1. The molecule has 27 heavy (non-hydrogen) atoms. The van der Waals surface area contributed by atoms with Crippen LogP contribution in [0.25, 0.3) is 10.3 Å². The Labute approximate surface area is 166 Å². The first-order valence-electron chi connectivity index (χ1n) is 8.50. The number of anilines is 1. The molecule has 0 bridgehead atoms. The molecule has 3 rings (SSSR count). The van der Waals surface area contributed by atoms with E-state index in [4.69, 9.17) is 12.2 Å². The molecule has 0 radical (unpaired) electrons. The van der Waals surface area contributed by atoms with Gasteiger partial charge in [-0.1, -0.05) is 35.6 Å². The van der Waals surface area contributed by atoms with Crippen molar-refractivity contribution in [3.05, 3.63) is 63.6 Å². The molecule has 3 aromatic rings. The summed E-state index contributed by atoms with van der Waals surface area (Å²) in [5.74, 6) is -0.173. The number of hydrogen-bond donors (Lipinski definition) is 0. The number of nitrogens with zero attached hydrogens (tertiary/aromatic N) is 4. The number of hydrogen-bond acceptors (Lipinski definition) is 5. The quantitative estimate of drug-likeness (QED) is 0.468. The van der Waals surface area contributed by atoms with Gasteiger partial charge < -0.3 is 9.47 Å². The molecule has 0 N–H and O–H groups in total. The predicted molar refractivity (Wildman–Crippen MR) is 112 cm³/mol. The maximum atomic E-state index is 12.9. The third-order valence-corrected chi connectivity index (χ3v) is 5.51. The van der Waals surface area contributed by atoms with Crippen molar-refractivity contribution in [3.63, 3.8) is 0 Å². The lowest BCUT2D eigenvalue weighted by Gasteiger charge is -2.27. The first kappa shape index (κ1) is 19.2.